The highest BCUT2D eigenvalue weighted by atomic mass is 19.1. The molecular weight excluding hydrogens is 215 g/mol. The molecule has 0 heterocycles. The van der Waals surface area contributed by atoms with E-state index in [1.165, 1.54) is 19.2 Å². The van der Waals surface area contributed by atoms with Crippen molar-refractivity contribution in [3.05, 3.63) is 29.1 Å². The summed E-state index contributed by atoms with van der Waals surface area (Å²) in [5.74, 6) is -1.80. The first-order valence-electron chi connectivity index (χ1n) is 4.37. The van der Waals surface area contributed by atoms with Crippen molar-refractivity contribution in [3.8, 4) is 5.75 Å². The Morgan fingerprint density at radius 3 is 2.62 bits per heavy atom. The molecule has 1 aromatic rings. The summed E-state index contributed by atoms with van der Waals surface area (Å²) in [6.07, 6.45) is 0. The van der Waals surface area contributed by atoms with Crippen molar-refractivity contribution < 1.29 is 19.1 Å². The summed E-state index contributed by atoms with van der Waals surface area (Å²) in [7, 11) is 1.24. The molecule has 0 aliphatic carbocycles. The third kappa shape index (κ3) is 2.10. The standard InChI is InChI=1S/C10H11FN2O3/c1-5-3-6(8(13-15)10(12)14)9(16-2)7(11)4-5/h3-4,15H,1-2H3,(H2,12,14)/b13-8-. The molecule has 0 spiro atoms. The fourth-order valence-electron chi connectivity index (χ4n) is 1.35. The van der Waals surface area contributed by atoms with Gasteiger partial charge in [-0.15, -0.1) is 0 Å². The van der Waals surface area contributed by atoms with Crippen molar-refractivity contribution in [3.63, 3.8) is 0 Å². The van der Waals surface area contributed by atoms with Gasteiger partial charge in [-0.25, -0.2) is 4.39 Å². The topological polar surface area (TPSA) is 84.9 Å². The number of benzene rings is 1. The Balaban J connectivity index is 3.47. The predicted octanol–water partition coefficient (Wildman–Crippen LogP) is 0.806. The zero-order valence-corrected chi connectivity index (χ0v) is 8.82. The Morgan fingerprint density at radius 2 is 2.19 bits per heavy atom. The van der Waals surface area contributed by atoms with Gasteiger partial charge in [0.05, 0.1) is 12.7 Å². The third-order valence-corrected chi connectivity index (χ3v) is 1.98. The number of hydrogen-bond donors (Lipinski definition) is 2. The van der Waals surface area contributed by atoms with E-state index in [0.29, 0.717) is 5.56 Å². The number of carbonyl (C=O) groups is 1. The molecule has 5 nitrogen and oxygen atoms in total. The van der Waals surface area contributed by atoms with Crippen LogP contribution in [-0.2, 0) is 4.79 Å². The van der Waals surface area contributed by atoms with Crippen molar-refractivity contribution in [1.82, 2.24) is 0 Å². The molecule has 0 fully saturated rings. The van der Waals surface area contributed by atoms with Crippen molar-refractivity contribution in [2.45, 2.75) is 6.92 Å². The first-order valence-corrected chi connectivity index (χ1v) is 4.37. The van der Waals surface area contributed by atoms with Crippen LogP contribution < -0.4 is 10.5 Å². The van der Waals surface area contributed by atoms with Gasteiger partial charge in [-0.05, 0) is 24.6 Å². The molecule has 3 N–H and O–H groups in total. The van der Waals surface area contributed by atoms with E-state index in [2.05, 4.69) is 5.16 Å². The number of ether oxygens (including phenoxy) is 1. The van der Waals surface area contributed by atoms with E-state index < -0.39 is 17.4 Å². The Labute approximate surface area is 91.3 Å². The minimum absolute atomic E-state index is 0.0231. The summed E-state index contributed by atoms with van der Waals surface area (Å²) >= 11 is 0. The lowest BCUT2D eigenvalue weighted by Gasteiger charge is -2.09. The van der Waals surface area contributed by atoms with Crippen LogP contribution in [0.25, 0.3) is 0 Å². The first-order chi connectivity index (χ1) is 7.51. The molecule has 16 heavy (non-hydrogen) atoms. The average molecular weight is 226 g/mol. The molecule has 0 saturated carbocycles. The first kappa shape index (κ1) is 12.0. The van der Waals surface area contributed by atoms with Gasteiger partial charge in [0.2, 0.25) is 0 Å². The van der Waals surface area contributed by atoms with Gasteiger partial charge in [0.25, 0.3) is 5.91 Å². The molecule has 0 aromatic heterocycles. The quantitative estimate of drug-likeness (QED) is 0.454. The normalized spacial score (nSPS) is 11.3. The monoisotopic (exact) mass is 226 g/mol. The second-order valence-electron chi connectivity index (χ2n) is 3.14. The molecule has 0 radical (unpaired) electrons. The van der Waals surface area contributed by atoms with Crippen LogP contribution in [0.4, 0.5) is 4.39 Å². The van der Waals surface area contributed by atoms with Crippen molar-refractivity contribution in [1.29, 1.82) is 0 Å². The van der Waals surface area contributed by atoms with Crippen LogP contribution in [0.5, 0.6) is 5.75 Å². The van der Waals surface area contributed by atoms with Crippen molar-refractivity contribution >= 4 is 11.6 Å². The number of aryl methyl sites for hydroxylation is 1. The largest absolute Gasteiger partial charge is 0.493 e. The average Bonchev–Trinajstić information content (AvgIpc) is 2.17. The Morgan fingerprint density at radius 1 is 1.56 bits per heavy atom. The minimum Gasteiger partial charge on any atom is -0.493 e. The number of nitrogens with zero attached hydrogens (tertiary/aromatic N) is 1. The van der Waals surface area contributed by atoms with Gasteiger partial charge in [-0.2, -0.15) is 0 Å². The number of carbonyl (C=O) groups excluding carboxylic acids is 1. The smallest absolute Gasteiger partial charge is 0.271 e. The van der Waals surface area contributed by atoms with E-state index in [0.717, 1.165) is 0 Å². The number of oxime groups is 1. The second kappa shape index (κ2) is 4.61. The summed E-state index contributed by atoms with van der Waals surface area (Å²) < 4.78 is 18.2. The van der Waals surface area contributed by atoms with Crippen molar-refractivity contribution in [2.24, 2.45) is 10.9 Å². The highest BCUT2D eigenvalue weighted by Crippen LogP contribution is 2.24. The molecule has 0 aliphatic heterocycles. The number of nitrogens with two attached hydrogens (primary N) is 1. The lowest BCUT2D eigenvalue weighted by molar-refractivity contribution is -0.112. The van der Waals surface area contributed by atoms with Gasteiger partial charge >= 0.3 is 0 Å². The van der Waals surface area contributed by atoms with E-state index in [4.69, 9.17) is 15.7 Å². The van der Waals surface area contributed by atoms with Gasteiger partial charge < -0.3 is 15.7 Å². The second-order valence-corrected chi connectivity index (χ2v) is 3.14. The van der Waals surface area contributed by atoms with Crippen LogP contribution in [0, 0.1) is 12.7 Å². The zero-order chi connectivity index (χ0) is 12.3. The van der Waals surface area contributed by atoms with E-state index >= 15 is 0 Å². The van der Waals surface area contributed by atoms with Crippen LogP contribution >= 0.6 is 0 Å². The molecular formula is C10H11FN2O3. The van der Waals surface area contributed by atoms with Gasteiger partial charge in [-0.1, -0.05) is 5.16 Å². The van der Waals surface area contributed by atoms with E-state index in [1.54, 1.807) is 6.92 Å². The van der Waals surface area contributed by atoms with Crippen LogP contribution in [0.2, 0.25) is 0 Å². The maximum Gasteiger partial charge on any atom is 0.271 e. The van der Waals surface area contributed by atoms with Gasteiger partial charge in [0, 0.05) is 0 Å². The maximum absolute atomic E-state index is 13.5. The molecule has 1 rings (SSSR count). The summed E-state index contributed by atoms with van der Waals surface area (Å²) in [6, 6.07) is 2.68. The lowest BCUT2D eigenvalue weighted by atomic mass is 10.0. The Kier molecular flexibility index (Phi) is 3.44. The van der Waals surface area contributed by atoms with Crippen LogP contribution in [0.3, 0.4) is 0 Å². The Hall–Kier alpha value is -2.11. The van der Waals surface area contributed by atoms with Gasteiger partial charge in [-0.3, -0.25) is 4.79 Å². The number of amides is 1. The highest BCUT2D eigenvalue weighted by Gasteiger charge is 2.19. The maximum atomic E-state index is 13.5. The van der Waals surface area contributed by atoms with E-state index in [1.807, 2.05) is 0 Å². The zero-order valence-electron chi connectivity index (χ0n) is 8.82. The molecule has 0 saturated heterocycles. The molecule has 0 aliphatic rings. The molecule has 6 heteroatoms. The predicted molar refractivity (Wildman–Crippen MR) is 55.2 cm³/mol. The van der Waals surface area contributed by atoms with Crippen LogP contribution in [0.15, 0.2) is 17.3 Å². The van der Waals surface area contributed by atoms with Crippen molar-refractivity contribution in [2.75, 3.05) is 7.11 Å². The lowest BCUT2D eigenvalue weighted by Crippen LogP contribution is -2.25. The van der Waals surface area contributed by atoms with Crippen LogP contribution in [-0.4, -0.2) is 23.9 Å². The fraction of sp³-hybridized carbons (Fsp3) is 0.200. The molecule has 0 bridgehead atoms. The summed E-state index contributed by atoms with van der Waals surface area (Å²) in [4.78, 5) is 11.0. The molecule has 86 valence electrons. The SMILES string of the molecule is COc1c(F)cc(C)cc1/C(=N/O)C(N)=O. The summed E-state index contributed by atoms with van der Waals surface area (Å²) in [5.41, 5.74) is 5.13. The molecule has 1 aromatic carbocycles. The Bertz CT molecular complexity index is 458. The number of hydrogen-bond acceptors (Lipinski definition) is 4. The minimum atomic E-state index is -0.967. The number of methoxy groups -OCH3 is 1. The fourth-order valence-corrected chi connectivity index (χ4v) is 1.35. The number of rotatable bonds is 3. The number of primary amides is 1. The van der Waals surface area contributed by atoms with E-state index in [-0.39, 0.29) is 11.3 Å². The summed E-state index contributed by atoms with van der Waals surface area (Å²) in [5, 5.41) is 11.4. The number of halogens is 1. The van der Waals surface area contributed by atoms with Gasteiger partial charge in [0.1, 0.15) is 0 Å². The molecule has 0 atom stereocenters. The van der Waals surface area contributed by atoms with Crippen LogP contribution in [0.1, 0.15) is 11.1 Å². The third-order valence-electron chi connectivity index (χ3n) is 1.98. The van der Waals surface area contributed by atoms with Gasteiger partial charge in [0.15, 0.2) is 17.3 Å². The highest BCUT2D eigenvalue weighted by molar-refractivity contribution is 6.45. The molecule has 0 unspecified atom stereocenters. The summed E-state index contributed by atoms with van der Waals surface area (Å²) in [6.45, 7) is 1.63. The van der Waals surface area contributed by atoms with E-state index in [9.17, 15) is 9.18 Å². The molecule has 1 amide bonds.